The molecular weight excluding hydrogens is 404 g/mol. The Hall–Kier alpha value is -2.32. The van der Waals surface area contributed by atoms with Crippen molar-refractivity contribution in [3.8, 4) is 11.4 Å². The van der Waals surface area contributed by atoms with Crippen LogP contribution in [0.3, 0.4) is 0 Å². The lowest BCUT2D eigenvalue weighted by Crippen LogP contribution is -2.22. The van der Waals surface area contributed by atoms with Crippen molar-refractivity contribution in [2.75, 3.05) is 12.9 Å². The highest BCUT2D eigenvalue weighted by Crippen LogP contribution is 2.38. The van der Waals surface area contributed by atoms with Crippen molar-refractivity contribution in [3.05, 3.63) is 45.1 Å². The first-order chi connectivity index (χ1) is 14.1. The summed E-state index contributed by atoms with van der Waals surface area (Å²) < 4.78 is 9.05. The number of thiophene rings is 1. The predicted molar refractivity (Wildman–Crippen MR) is 118 cm³/mol. The third-order valence-electron chi connectivity index (χ3n) is 5.53. The maximum absolute atomic E-state index is 13.7. The normalized spacial score (nSPS) is 16.4. The third kappa shape index (κ3) is 2.88. The van der Waals surface area contributed by atoms with E-state index in [0.29, 0.717) is 11.7 Å². The number of rotatable bonds is 4. The van der Waals surface area contributed by atoms with Crippen molar-refractivity contribution in [1.82, 2.24) is 19.2 Å². The van der Waals surface area contributed by atoms with E-state index in [1.807, 2.05) is 24.3 Å². The molecule has 0 amide bonds. The molecule has 1 aliphatic carbocycles. The Balaban J connectivity index is 1.88. The van der Waals surface area contributed by atoms with Gasteiger partial charge in [0.15, 0.2) is 5.16 Å². The molecule has 0 aliphatic heterocycles. The van der Waals surface area contributed by atoms with Gasteiger partial charge in [0, 0.05) is 4.88 Å². The van der Waals surface area contributed by atoms with Crippen LogP contribution in [0, 0.1) is 5.92 Å². The molecule has 1 unspecified atom stereocenters. The zero-order valence-corrected chi connectivity index (χ0v) is 18.3. The van der Waals surface area contributed by atoms with Gasteiger partial charge in [-0.25, -0.2) is 8.97 Å². The van der Waals surface area contributed by atoms with Crippen LogP contribution in [0.4, 0.5) is 0 Å². The van der Waals surface area contributed by atoms with E-state index >= 15 is 0 Å². The minimum absolute atomic E-state index is 0.00910. The fraction of sp³-hybridized carbons (Fsp3) is 0.381. The second-order valence-electron chi connectivity index (χ2n) is 7.42. The maximum Gasteiger partial charge on any atom is 0.268 e. The summed E-state index contributed by atoms with van der Waals surface area (Å²) in [7, 11) is 1.64. The van der Waals surface area contributed by atoms with Gasteiger partial charge in [0.2, 0.25) is 5.78 Å². The van der Waals surface area contributed by atoms with E-state index in [2.05, 4.69) is 28.4 Å². The Labute approximate surface area is 176 Å². The minimum Gasteiger partial charge on any atom is -0.497 e. The Bertz CT molecular complexity index is 1270. The molecule has 1 atom stereocenters. The van der Waals surface area contributed by atoms with Crippen molar-refractivity contribution < 1.29 is 4.74 Å². The second-order valence-corrected chi connectivity index (χ2v) is 9.74. The fourth-order valence-corrected chi connectivity index (χ4v) is 6.31. The first-order valence-electron chi connectivity index (χ1n) is 9.84. The van der Waals surface area contributed by atoms with E-state index in [-0.39, 0.29) is 5.56 Å². The molecule has 1 aromatic carbocycles. The summed E-state index contributed by atoms with van der Waals surface area (Å²) in [5.41, 5.74) is 1.98. The number of fused-ring (bicyclic) bond motifs is 5. The fourth-order valence-electron chi connectivity index (χ4n) is 4.09. The highest BCUT2D eigenvalue weighted by Gasteiger charge is 2.27. The Morgan fingerprint density at radius 3 is 2.79 bits per heavy atom. The molecule has 1 aliphatic rings. The molecule has 5 rings (SSSR count). The van der Waals surface area contributed by atoms with E-state index in [1.54, 1.807) is 34.8 Å². The van der Waals surface area contributed by atoms with Gasteiger partial charge in [-0.2, -0.15) is 0 Å². The zero-order valence-electron chi connectivity index (χ0n) is 16.6. The van der Waals surface area contributed by atoms with Crippen LogP contribution in [-0.4, -0.2) is 32.0 Å². The number of aryl methyl sites for hydroxylation is 1. The molecule has 4 aromatic rings. The van der Waals surface area contributed by atoms with E-state index in [9.17, 15) is 4.79 Å². The Morgan fingerprint density at radius 1 is 1.28 bits per heavy atom. The molecular formula is C21H22N4O2S2. The number of ether oxygens (including phenoxy) is 1. The van der Waals surface area contributed by atoms with Crippen LogP contribution in [0.1, 0.15) is 30.7 Å². The van der Waals surface area contributed by atoms with E-state index < -0.39 is 0 Å². The number of hydrogen-bond acceptors (Lipinski definition) is 6. The molecule has 0 bridgehead atoms. The number of nitrogens with zero attached hydrogens (tertiary/aromatic N) is 4. The lowest BCUT2D eigenvalue weighted by atomic mass is 9.89. The number of methoxy groups -OCH3 is 1. The molecule has 6 nitrogen and oxygen atoms in total. The number of benzene rings is 1. The van der Waals surface area contributed by atoms with Crippen molar-refractivity contribution in [2.24, 2.45) is 5.92 Å². The summed E-state index contributed by atoms with van der Waals surface area (Å²) in [5.74, 6) is 2.87. The summed E-state index contributed by atoms with van der Waals surface area (Å²) in [5, 5.41) is 10.5. The molecule has 29 heavy (non-hydrogen) atoms. The van der Waals surface area contributed by atoms with Gasteiger partial charge >= 0.3 is 0 Å². The van der Waals surface area contributed by atoms with Crippen LogP contribution in [0.25, 0.3) is 21.7 Å². The SMILES string of the molecule is CCSc1nnc2n(-c3ccc(OC)cc3)c(=O)c3c4c(sc3n12)CC(C)CC4. The van der Waals surface area contributed by atoms with Crippen LogP contribution >= 0.6 is 23.1 Å². The predicted octanol–water partition coefficient (Wildman–Crippen LogP) is 4.34. The van der Waals surface area contributed by atoms with Gasteiger partial charge in [0.1, 0.15) is 10.6 Å². The van der Waals surface area contributed by atoms with Gasteiger partial charge in [-0.1, -0.05) is 25.6 Å². The molecule has 150 valence electrons. The van der Waals surface area contributed by atoms with Crippen LogP contribution in [0.2, 0.25) is 0 Å². The average molecular weight is 427 g/mol. The smallest absolute Gasteiger partial charge is 0.268 e. The van der Waals surface area contributed by atoms with Gasteiger partial charge in [-0.15, -0.1) is 21.5 Å². The van der Waals surface area contributed by atoms with Crippen molar-refractivity contribution in [3.63, 3.8) is 0 Å². The zero-order chi connectivity index (χ0) is 20.1. The molecule has 0 saturated heterocycles. The van der Waals surface area contributed by atoms with Crippen molar-refractivity contribution in [1.29, 1.82) is 0 Å². The molecule has 3 heterocycles. The summed E-state index contributed by atoms with van der Waals surface area (Å²) in [6.45, 7) is 4.39. The number of aromatic nitrogens is 4. The Kier molecular flexibility index (Phi) is 4.63. The maximum atomic E-state index is 13.7. The highest BCUT2D eigenvalue weighted by atomic mass is 32.2. The van der Waals surface area contributed by atoms with Crippen LogP contribution < -0.4 is 10.3 Å². The standard InChI is InChI=1S/C21H22N4O2S2/c1-4-28-21-23-22-20-24(13-6-8-14(27-3)9-7-13)18(26)17-15-10-5-12(2)11-16(15)29-19(17)25(20)21/h6-9,12H,4-5,10-11H2,1-3H3. The van der Waals surface area contributed by atoms with Gasteiger partial charge in [-0.05, 0) is 60.8 Å². The molecule has 0 radical (unpaired) electrons. The minimum atomic E-state index is -0.00910. The van der Waals surface area contributed by atoms with E-state index in [4.69, 9.17) is 4.74 Å². The number of hydrogen-bond donors (Lipinski definition) is 0. The lowest BCUT2D eigenvalue weighted by molar-refractivity contribution is 0.414. The first kappa shape index (κ1) is 18.7. The summed E-state index contributed by atoms with van der Waals surface area (Å²) in [6, 6.07) is 7.53. The molecule has 0 saturated carbocycles. The Morgan fingerprint density at radius 2 is 2.07 bits per heavy atom. The molecule has 0 fully saturated rings. The average Bonchev–Trinajstić information content (AvgIpc) is 3.30. The molecule has 8 heteroatoms. The van der Waals surface area contributed by atoms with Crippen molar-refractivity contribution >= 4 is 39.1 Å². The lowest BCUT2D eigenvalue weighted by Gasteiger charge is -2.17. The van der Waals surface area contributed by atoms with Crippen LogP contribution in [-0.2, 0) is 12.8 Å². The van der Waals surface area contributed by atoms with E-state index in [0.717, 1.165) is 51.8 Å². The first-order valence-corrected chi connectivity index (χ1v) is 11.6. The van der Waals surface area contributed by atoms with Crippen molar-refractivity contribution in [2.45, 2.75) is 38.3 Å². The summed E-state index contributed by atoms with van der Waals surface area (Å²) in [4.78, 5) is 16.0. The quantitative estimate of drug-likeness (QED) is 0.454. The largest absolute Gasteiger partial charge is 0.497 e. The third-order valence-corrected chi connectivity index (χ3v) is 7.58. The molecule has 0 N–H and O–H groups in total. The van der Waals surface area contributed by atoms with Gasteiger partial charge in [0.25, 0.3) is 5.56 Å². The molecule has 0 spiro atoms. The summed E-state index contributed by atoms with van der Waals surface area (Å²) in [6.07, 6.45) is 3.12. The molecule has 3 aromatic heterocycles. The topological polar surface area (TPSA) is 61.4 Å². The highest BCUT2D eigenvalue weighted by molar-refractivity contribution is 7.99. The van der Waals surface area contributed by atoms with Crippen LogP contribution in [0.15, 0.2) is 34.2 Å². The summed E-state index contributed by atoms with van der Waals surface area (Å²) >= 11 is 3.39. The van der Waals surface area contributed by atoms with Gasteiger partial charge < -0.3 is 4.74 Å². The van der Waals surface area contributed by atoms with Gasteiger partial charge in [-0.3, -0.25) is 4.79 Å². The van der Waals surface area contributed by atoms with Crippen LogP contribution in [0.5, 0.6) is 5.75 Å². The van der Waals surface area contributed by atoms with E-state index in [1.165, 1.54) is 10.4 Å². The van der Waals surface area contributed by atoms with Gasteiger partial charge in [0.05, 0.1) is 18.2 Å². The number of thioether (sulfide) groups is 1. The second kappa shape index (κ2) is 7.18. The monoisotopic (exact) mass is 426 g/mol.